The summed E-state index contributed by atoms with van der Waals surface area (Å²) < 4.78 is 2.42. The Morgan fingerprint density at radius 1 is 0.514 bits per heavy atom. The lowest BCUT2D eigenvalue weighted by molar-refractivity contribution is 0.446. The Morgan fingerprint density at radius 3 is 1.71 bits per heavy atom. The van der Waals surface area contributed by atoms with Gasteiger partial charge in [-0.1, -0.05) is 193 Å². The van der Waals surface area contributed by atoms with E-state index >= 15 is 0 Å². The fourth-order valence-corrected chi connectivity index (χ4v) is 11.7. The zero-order valence-electron chi connectivity index (χ0n) is 44.5. The molecule has 0 saturated carbocycles. The maximum atomic E-state index is 12.9. The van der Waals surface area contributed by atoms with Gasteiger partial charge in [-0.15, -0.1) is 0 Å². The molecule has 2 aromatic heterocycles. The van der Waals surface area contributed by atoms with Crippen molar-refractivity contribution in [2.24, 2.45) is 0 Å². The molecule has 2 heterocycles. The fraction of sp³-hybridized carbons (Fsp3) is 0.294. The van der Waals surface area contributed by atoms with Crippen LogP contribution in [0.25, 0.3) is 61.6 Å². The standard InChI is InChI=1S/C68H69N3O/c1-39(2)42-27-28-57(52(34-42)40(3)4)71-58-38-53-60-48-23-17-19-25-50(48)61(51-26-20-18-24-49(51)60)62(53)59(63(58)70-65(71)54-36-47(67(8,9)10)37-55(64(54)72)68(11,12)13)45-31-44(32-46(33-45)66(5,6)7)56-35-43(29-30-69-56)41-21-15-14-16-22-41/h14-40,60-61,72H,1-13H3. The highest BCUT2D eigenvalue weighted by Crippen LogP contribution is 2.60. The molecule has 0 saturated heterocycles. The van der Waals surface area contributed by atoms with E-state index in [1.165, 1.54) is 50.1 Å². The van der Waals surface area contributed by atoms with Gasteiger partial charge in [-0.2, -0.15) is 0 Å². The van der Waals surface area contributed by atoms with Crippen molar-refractivity contribution in [3.05, 3.63) is 213 Å². The number of benzene rings is 7. The molecule has 0 amide bonds. The number of aromatic hydroxyl groups is 1. The van der Waals surface area contributed by atoms with E-state index < -0.39 is 0 Å². The van der Waals surface area contributed by atoms with Crippen LogP contribution in [0.1, 0.15) is 175 Å². The zero-order valence-corrected chi connectivity index (χ0v) is 44.5. The van der Waals surface area contributed by atoms with E-state index in [1.54, 1.807) is 0 Å². The minimum Gasteiger partial charge on any atom is -0.507 e. The Bertz CT molecular complexity index is 3560. The van der Waals surface area contributed by atoms with Crippen LogP contribution in [0.2, 0.25) is 0 Å². The van der Waals surface area contributed by atoms with E-state index in [-0.39, 0.29) is 39.7 Å². The Kier molecular flexibility index (Phi) is 11.2. The molecule has 3 aliphatic rings. The van der Waals surface area contributed by atoms with Crippen molar-refractivity contribution in [2.45, 2.75) is 130 Å². The van der Waals surface area contributed by atoms with Gasteiger partial charge in [-0.25, -0.2) is 4.98 Å². The maximum Gasteiger partial charge on any atom is 0.149 e. The summed E-state index contributed by atoms with van der Waals surface area (Å²) in [5, 5.41) is 12.9. The molecule has 7 aromatic carbocycles. The van der Waals surface area contributed by atoms with Crippen molar-refractivity contribution < 1.29 is 5.11 Å². The van der Waals surface area contributed by atoms with Crippen LogP contribution in [0.5, 0.6) is 5.75 Å². The third-order valence-corrected chi connectivity index (χ3v) is 15.7. The summed E-state index contributed by atoms with van der Waals surface area (Å²) in [6.45, 7) is 29.5. The third-order valence-electron chi connectivity index (χ3n) is 15.7. The average molecular weight is 944 g/mol. The zero-order chi connectivity index (χ0) is 50.8. The van der Waals surface area contributed by atoms with Crippen molar-refractivity contribution in [3.8, 4) is 56.3 Å². The second-order valence-corrected chi connectivity index (χ2v) is 24.4. The highest BCUT2D eigenvalue weighted by molar-refractivity contribution is 6.01. The van der Waals surface area contributed by atoms with Gasteiger partial charge in [0.15, 0.2) is 0 Å². The minimum absolute atomic E-state index is 0.0137. The molecule has 0 spiro atoms. The second kappa shape index (κ2) is 17.0. The van der Waals surface area contributed by atoms with Gasteiger partial charge in [-0.3, -0.25) is 9.55 Å². The second-order valence-electron chi connectivity index (χ2n) is 24.4. The average Bonchev–Trinajstić information content (AvgIpc) is 3.72. The normalized spacial score (nSPS) is 15.3. The van der Waals surface area contributed by atoms with Crippen molar-refractivity contribution in [2.75, 3.05) is 0 Å². The lowest BCUT2D eigenvalue weighted by Gasteiger charge is -2.43. The number of aromatic nitrogens is 3. The molecule has 0 aliphatic heterocycles. The van der Waals surface area contributed by atoms with Crippen molar-refractivity contribution in [1.82, 2.24) is 14.5 Å². The molecule has 1 N–H and O–H groups in total. The molecule has 0 radical (unpaired) electrons. The number of fused-ring (bicyclic) bond motifs is 1. The first-order valence-electron chi connectivity index (χ1n) is 26.2. The van der Waals surface area contributed by atoms with Gasteiger partial charge in [0.25, 0.3) is 0 Å². The molecule has 4 heteroatoms. The molecule has 4 nitrogen and oxygen atoms in total. The number of hydrogen-bond acceptors (Lipinski definition) is 3. The predicted molar refractivity (Wildman–Crippen MR) is 301 cm³/mol. The molecule has 2 bridgehead atoms. The molecular formula is C68H69N3O. The van der Waals surface area contributed by atoms with Crippen LogP contribution in [0.15, 0.2) is 152 Å². The van der Waals surface area contributed by atoms with E-state index in [4.69, 9.17) is 9.97 Å². The summed E-state index contributed by atoms with van der Waals surface area (Å²) in [6.07, 6.45) is 1.95. The van der Waals surface area contributed by atoms with Crippen LogP contribution < -0.4 is 0 Å². The lowest BCUT2D eigenvalue weighted by Crippen LogP contribution is -2.28. The van der Waals surface area contributed by atoms with Crippen LogP contribution in [-0.4, -0.2) is 19.6 Å². The van der Waals surface area contributed by atoms with Gasteiger partial charge < -0.3 is 5.11 Å². The van der Waals surface area contributed by atoms with Crippen LogP contribution >= 0.6 is 0 Å². The largest absolute Gasteiger partial charge is 0.507 e. The van der Waals surface area contributed by atoms with Crippen molar-refractivity contribution in [3.63, 3.8) is 0 Å². The molecule has 0 fully saturated rings. The number of hydrogen-bond donors (Lipinski definition) is 1. The van der Waals surface area contributed by atoms with Gasteiger partial charge in [0.2, 0.25) is 0 Å². The summed E-state index contributed by atoms with van der Waals surface area (Å²) in [4.78, 5) is 11.1. The van der Waals surface area contributed by atoms with Gasteiger partial charge in [0, 0.05) is 34.7 Å². The molecule has 0 atom stereocenters. The minimum atomic E-state index is -0.338. The molecule has 0 unspecified atom stereocenters. The molecule has 12 rings (SSSR count). The smallest absolute Gasteiger partial charge is 0.149 e. The van der Waals surface area contributed by atoms with Crippen LogP contribution in [0, 0.1) is 0 Å². The predicted octanol–water partition coefficient (Wildman–Crippen LogP) is 17.9. The van der Waals surface area contributed by atoms with Gasteiger partial charge in [0.05, 0.1) is 28.0 Å². The van der Waals surface area contributed by atoms with Gasteiger partial charge >= 0.3 is 0 Å². The van der Waals surface area contributed by atoms with E-state index in [2.05, 4.69) is 240 Å². The Hall–Kier alpha value is -7.04. The van der Waals surface area contributed by atoms with E-state index in [1.807, 2.05) is 6.20 Å². The molecule has 3 aliphatic carbocycles. The highest BCUT2D eigenvalue weighted by atomic mass is 16.3. The third kappa shape index (κ3) is 7.81. The molecule has 72 heavy (non-hydrogen) atoms. The topological polar surface area (TPSA) is 50.9 Å². The van der Waals surface area contributed by atoms with Crippen LogP contribution in [-0.2, 0) is 16.2 Å². The first-order valence-corrected chi connectivity index (χ1v) is 26.2. The van der Waals surface area contributed by atoms with Gasteiger partial charge in [-0.05, 0) is 143 Å². The Labute approximate surface area is 427 Å². The molecule has 9 aromatic rings. The number of pyridine rings is 1. The summed E-state index contributed by atoms with van der Waals surface area (Å²) in [6, 6.07) is 54.4. The van der Waals surface area contributed by atoms with E-state index in [9.17, 15) is 5.11 Å². The summed E-state index contributed by atoms with van der Waals surface area (Å²) in [5.41, 5.74) is 23.5. The quantitative estimate of drug-likeness (QED) is 0.173. The van der Waals surface area contributed by atoms with Gasteiger partial charge in [0.1, 0.15) is 11.6 Å². The molecular weight excluding hydrogens is 875 g/mol. The molecule has 362 valence electrons. The monoisotopic (exact) mass is 944 g/mol. The Morgan fingerprint density at radius 2 is 1.11 bits per heavy atom. The van der Waals surface area contributed by atoms with E-state index in [0.717, 1.165) is 72.7 Å². The highest BCUT2D eigenvalue weighted by Gasteiger charge is 2.44. The summed E-state index contributed by atoms with van der Waals surface area (Å²) in [7, 11) is 0. The van der Waals surface area contributed by atoms with Crippen molar-refractivity contribution in [1.29, 1.82) is 0 Å². The van der Waals surface area contributed by atoms with Crippen LogP contribution in [0.3, 0.4) is 0 Å². The maximum absolute atomic E-state index is 12.9. The number of phenolic OH excluding ortho intramolecular Hbond substituents is 1. The summed E-state index contributed by atoms with van der Waals surface area (Å²) >= 11 is 0. The van der Waals surface area contributed by atoms with Crippen molar-refractivity contribution >= 4 is 11.0 Å². The first-order chi connectivity index (χ1) is 34.2. The number of phenols is 1. The fourth-order valence-electron chi connectivity index (χ4n) is 11.7. The Balaban J connectivity index is 1.33. The SMILES string of the molecule is CC(C)c1ccc(-n2c(-c3cc(C(C)(C)C)cc(C(C)(C)C)c3O)nc3c(-c4cc(-c5cc(-c6ccccc6)ccn5)cc(C(C)(C)C)c4)c4c(cc32)C2c3ccccc3C4c3ccccc32)c(C(C)C)c1. The van der Waals surface area contributed by atoms with E-state index in [0.29, 0.717) is 5.92 Å². The first kappa shape index (κ1) is 47.3. The number of imidazole rings is 1. The number of rotatable bonds is 7. The number of nitrogens with zero attached hydrogens (tertiary/aromatic N) is 3. The van der Waals surface area contributed by atoms with Crippen LogP contribution in [0.4, 0.5) is 0 Å². The summed E-state index contributed by atoms with van der Waals surface area (Å²) in [5.74, 6) is 1.59. The lowest BCUT2D eigenvalue weighted by atomic mass is 9.59.